The first kappa shape index (κ1) is 10.8. The molecule has 1 N–H and O–H groups in total. The maximum absolute atomic E-state index is 12.3. The standard InChI is InChI=1S/C12H18N4O/c17-12(15-5-1-2-6-15)10-7-13-8-11-3-4-14-16(11)9-10/h3-4,10,13H,1-2,5-9H2/t10-/m1/s1. The number of aromatic nitrogens is 2. The smallest absolute Gasteiger partial charge is 0.228 e. The number of likely N-dealkylation sites (tertiary alicyclic amines) is 1. The van der Waals surface area contributed by atoms with E-state index in [2.05, 4.69) is 10.4 Å². The van der Waals surface area contributed by atoms with Gasteiger partial charge in [0, 0.05) is 32.4 Å². The van der Waals surface area contributed by atoms with Crippen LogP contribution in [0.25, 0.3) is 0 Å². The van der Waals surface area contributed by atoms with Gasteiger partial charge in [-0.05, 0) is 18.9 Å². The third kappa shape index (κ3) is 2.07. The SMILES string of the molecule is O=C([C@@H]1CNCc2ccnn2C1)N1CCCC1. The topological polar surface area (TPSA) is 50.2 Å². The van der Waals surface area contributed by atoms with Crippen LogP contribution in [0.15, 0.2) is 12.3 Å². The molecule has 1 atom stereocenters. The summed E-state index contributed by atoms with van der Waals surface area (Å²) in [6, 6.07) is 2.01. The van der Waals surface area contributed by atoms with Crippen LogP contribution in [-0.2, 0) is 17.9 Å². The summed E-state index contributed by atoms with van der Waals surface area (Å²) in [5.41, 5.74) is 1.17. The third-order valence-electron chi connectivity index (χ3n) is 3.66. The molecule has 3 rings (SSSR count). The Hall–Kier alpha value is -1.36. The lowest BCUT2D eigenvalue weighted by molar-refractivity contribution is -0.134. The molecule has 0 radical (unpaired) electrons. The Labute approximate surface area is 101 Å². The monoisotopic (exact) mass is 234 g/mol. The molecule has 5 nitrogen and oxygen atoms in total. The maximum Gasteiger partial charge on any atom is 0.228 e. The van der Waals surface area contributed by atoms with Crippen LogP contribution in [0.2, 0.25) is 0 Å². The fraction of sp³-hybridized carbons (Fsp3) is 0.667. The lowest BCUT2D eigenvalue weighted by atomic mass is 10.1. The Morgan fingerprint density at radius 1 is 1.41 bits per heavy atom. The minimum absolute atomic E-state index is 0.0363. The van der Waals surface area contributed by atoms with Crippen LogP contribution < -0.4 is 5.32 Å². The number of hydrogen-bond donors (Lipinski definition) is 1. The van der Waals surface area contributed by atoms with Crippen LogP contribution in [0.1, 0.15) is 18.5 Å². The summed E-state index contributed by atoms with van der Waals surface area (Å²) in [6.45, 7) is 4.15. The molecule has 1 amide bonds. The molecule has 17 heavy (non-hydrogen) atoms. The molecule has 0 bridgehead atoms. The van der Waals surface area contributed by atoms with Gasteiger partial charge >= 0.3 is 0 Å². The van der Waals surface area contributed by atoms with Crippen molar-refractivity contribution in [3.8, 4) is 0 Å². The van der Waals surface area contributed by atoms with Gasteiger partial charge in [-0.15, -0.1) is 0 Å². The van der Waals surface area contributed by atoms with Gasteiger partial charge in [0.05, 0.1) is 18.2 Å². The molecule has 0 aliphatic carbocycles. The summed E-state index contributed by atoms with van der Waals surface area (Å²) in [5, 5.41) is 7.62. The van der Waals surface area contributed by atoms with Crippen molar-refractivity contribution in [1.29, 1.82) is 0 Å². The van der Waals surface area contributed by atoms with Gasteiger partial charge in [0.2, 0.25) is 5.91 Å². The Morgan fingerprint density at radius 3 is 3.06 bits per heavy atom. The largest absolute Gasteiger partial charge is 0.342 e. The number of fused-ring (bicyclic) bond motifs is 1. The van der Waals surface area contributed by atoms with Gasteiger partial charge in [0.15, 0.2) is 0 Å². The van der Waals surface area contributed by atoms with Crippen molar-refractivity contribution in [2.24, 2.45) is 5.92 Å². The molecule has 1 saturated heterocycles. The molecule has 0 unspecified atom stereocenters. The predicted octanol–water partition coefficient (Wildman–Crippen LogP) is 0.225. The maximum atomic E-state index is 12.3. The molecular weight excluding hydrogens is 216 g/mol. The van der Waals surface area contributed by atoms with Gasteiger partial charge in [-0.3, -0.25) is 9.48 Å². The zero-order chi connectivity index (χ0) is 11.7. The fourth-order valence-corrected chi connectivity index (χ4v) is 2.68. The minimum atomic E-state index is 0.0363. The van der Waals surface area contributed by atoms with Crippen LogP contribution in [-0.4, -0.2) is 40.2 Å². The second-order valence-corrected chi connectivity index (χ2v) is 4.86. The summed E-state index contributed by atoms with van der Waals surface area (Å²) in [5.74, 6) is 0.326. The summed E-state index contributed by atoms with van der Waals surface area (Å²) in [6.07, 6.45) is 4.11. The number of amides is 1. The summed E-state index contributed by atoms with van der Waals surface area (Å²) >= 11 is 0. The highest BCUT2D eigenvalue weighted by atomic mass is 16.2. The molecule has 2 aliphatic rings. The molecule has 1 aromatic rings. The van der Waals surface area contributed by atoms with Crippen LogP contribution in [0, 0.1) is 5.92 Å². The molecule has 2 aliphatic heterocycles. The van der Waals surface area contributed by atoms with E-state index < -0.39 is 0 Å². The number of nitrogens with zero attached hydrogens (tertiary/aromatic N) is 3. The lowest BCUT2D eigenvalue weighted by Crippen LogP contribution is -2.39. The first-order valence-corrected chi connectivity index (χ1v) is 6.35. The Bertz CT molecular complexity index is 408. The normalized spacial score (nSPS) is 24.5. The van der Waals surface area contributed by atoms with E-state index in [1.165, 1.54) is 5.69 Å². The van der Waals surface area contributed by atoms with Gasteiger partial charge < -0.3 is 10.2 Å². The van der Waals surface area contributed by atoms with Crippen molar-refractivity contribution in [2.75, 3.05) is 19.6 Å². The van der Waals surface area contributed by atoms with Crippen LogP contribution in [0.3, 0.4) is 0 Å². The fourth-order valence-electron chi connectivity index (χ4n) is 2.68. The molecule has 1 fully saturated rings. The highest BCUT2D eigenvalue weighted by Gasteiger charge is 2.28. The van der Waals surface area contributed by atoms with E-state index in [1.807, 2.05) is 15.6 Å². The number of carbonyl (C=O) groups excluding carboxylic acids is 1. The van der Waals surface area contributed by atoms with Crippen molar-refractivity contribution in [3.63, 3.8) is 0 Å². The van der Waals surface area contributed by atoms with Crippen LogP contribution in [0.5, 0.6) is 0 Å². The Balaban J connectivity index is 1.73. The molecular formula is C12H18N4O. The second kappa shape index (κ2) is 4.49. The zero-order valence-corrected chi connectivity index (χ0v) is 9.93. The van der Waals surface area contributed by atoms with E-state index in [0.29, 0.717) is 12.5 Å². The highest BCUT2D eigenvalue weighted by Crippen LogP contribution is 2.16. The van der Waals surface area contributed by atoms with Crippen molar-refractivity contribution in [3.05, 3.63) is 18.0 Å². The molecule has 5 heteroatoms. The Morgan fingerprint density at radius 2 is 2.24 bits per heavy atom. The number of carbonyl (C=O) groups is 1. The van der Waals surface area contributed by atoms with E-state index in [1.54, 1.807) is 6.20 Å². The number of rotatable bonds is 1. The van der Waals surface area contributed by atoms with Crippen molar-refractivity contribution in [1.82, 2.24) is 20.0 Å². The van der Waals surface area contributed by atoms with E-state index in [0.717, 1.165) is 39.0 Å². The van der Waals surface area contributed by atoms with Gasteiger partial charge in [0.1, 0.15) is 0 Å². The molecule has 92 valence electrons. The molecule has 1 aromatic heterocycles. The highest BCUT2D eigenvalue weighted by molar-refractivity contribution is 5.79. The van der Waals surface area contributed by atoms with Crippen molar-refractivity contribution < 1.29 is 4.79 Å². The van der Waals surface area contributed by atoms with Crippen LogP contribution in [0.4, 0.5) is 0 Å². The van der Waals surface area contributed by atoms with Crippen molar-refractivity contribution >= 4 is 5.91 Å². The van der Waals surface area contributed by atoms with E-state index in [-0.39, 0.29) is 5.92 Å². The summed E-state index contributed by atoms with van der Waals surface area (Å²) in [7, 11) is 0. The minimum Gasteiger partial charge on any atom is -0.342 e. The second-order valence-electron chi connectivity index (χ2n) is 4.86. The first-order valence-electron chi connectivity index (χ1n) is 6.35. The average Bonchev–Trinajstić information content (AvgIpc) is 2.96. The molecule has 0 aromatic carbocycles. The molecule has 0 spiro atoms. The average molecular weight is 234 g/mol. The number of nitrogens with one attached hydrogen (secondary N) is 1. The number of hydrogen-bond acceptors (Lipinski definition) is 3. The third-order valence-corrected chi connectivity index (χ3v) is 3.66. The zero-order valence-electron chi connectivity index (χ0n) is 9.93. The Kier molecular flexibility index (Phi) is 2.84. The van der Waals surface area contributed by atoms with E-state index in [9.17, 15) is 4.79 Å². The lowest BCUT2D eigenvalue weighted by Gasteiger charge is -2.22. The summed E-state index contributed by atoms with van der Waals surface area (Å²) in [4.78, 5) is 14.3. The summed E-state index contributed by atoms with van der Waals surface area (Å²) < 4.78 is 1.96. The molecule has 3 heterocycles. The van der Waals surface area contributed by atoms with Gasteiger partial charge in [0.25, 0.3) is 0 Å². The van der Waals surface area contributed by atoms with Gasteiger partial charge in [-0.25, -0.2) is 0 Å². The quantitative estimate of drug-likeness (QED) is 0.756. The van der Waals surface area contributed by atoms with E-state index in [4.69, 9.17) is 0 Å². The predicted molar refractivity (Wildman–Crippen MR) is 63.2 cm³/mol. The van der Waals surface area contributed by atoms with E-state index >= 15 is 0 Å². The van der Waals surface area contributed by atoms with Gasteiger partial charge in [-0.1, -0.05) is 0 Å². The van der Waals surface area contributed by atoms with Crippen LogP contribution >= 0.6 is 0 Å². The van der Waals surface area contributed by atoms with Gasteiger partial charge in [-0.2, -0.15) is 5.10 Å². The molecule has 0 saturated carbocycles. The first-order chi connectivity index (χ1) is 8.34. The van der Waals surface area contributed by atoms with Crippen molar-refractivity contribution in [2.45, 2.75) is 25.9 Å².